The number of carbonyl (C=O) groups excluding carboxylic acids is 2. The molecule has 0 spiro atoms. The van der Waals surface area contributed by atoms with Gasteiger partial charge >= 0.3 is 0 Å². The number of nitrogens with zero attached hydrogens (tertiary/aromatic N) is 1. The fourth-order valence-corrected chi connectivity index (χ4v) is 4.21. The van der Waals surface area contributed by atoms with E-state index in [0.29, 0.717) is 20.7 Å². The minimum Gasteiger partial charge on any atom is -0.266 e. The van der Waals surface area contributed by atoms with Gasteiger partial charge in [-0.15, -0.1) is 9.35 Å². The average molecular weight is 472 g/mol. The molecule has 0 saturated carbocycles. The maximum Gasteiger partial charge on any atom is 0.287 e. The zero-order valence-corrected chi connectivity index (χ0v) is 17.5. The molecule has 0 atom stereocenters. The second-order valence-corrected chi connectivity index (χ2v) is 8.85. The van der Waals surface area contributed by atoms with Crippen molar-refractivity contribution in [1.29, 1.82) is 0 Å². The highest BCUT2D eigenvalue weighted by Crippen LogP contribution is 2.40. The van der Waals surface area contributed by atoms with Crippen molar-refractivity contribution < 1.29 is 22.3 Å². The molecule has 3 aromatic carbocycles. The number of hydrogen-bond donors (Lipinski definition) is 0. The lowest BCUT2D eigenvalue weighted by Gasteiger charge is -2.12. The topological polar surface area (TPSA) is 80.8 Å². The van der Waals surface area contributed by atoms with E-state index >= 15 is 0 Å². The van der Waals surface area contributed by atoms with Crippen molar-refractivity contribution in [2.45, 2.75) is 0 Å². The van der Waals surface area contributed by atoms with E-state index < -0.39 is 21.9 Å². The lowest BCUT2D eigenvalue weighted by Crippen LogP contribution is -2.33. The molecule has 29 heavy (non-hydrogen) atoms. The van der Waals surface area contributed by atoms with Crippen LogP contribution in [-0.4, -0.2) is 31.6 Å². The van der Waals surface area contributed by atoms with Gasteiger partial charge in [0.1, 0.15) is 0 Å². The van der Waals surface area contributed by atoms with Crippen LogP contribution >= 0.6 is 15.9 Å². The fourth-order valence-electron chi connectivity index (χ4n) is 3.32. The van der Waals surface area contributed by atoms with E-state index in [9.17, 15) is 18.0 Å². The van der Waals surface area contributed by atoms with Crippen LogP contribution in [0, 0.1) is 0 Å². The van der Waals surface area contributed by atoms with Gasteiger partial charge in [-0.25, -0.2) is 0 Å². The number of fused-ring (bicyclic) bond motifs is 1. The largest absolute Gasteiger partial charge is 0.287 e. The molecular weight excluding hydrogens is 458 g/mol. The van der Waals surface area contributed by atoms with Crippen LogP contribution in [0.1, 0.15) is 11.1 Å². The van der Waals surface area contributed by atoms with Gasteiger partial charge in [0.2, 0.25) is 0 Å². The zero-order valence-electron chi connectivity index (χ0n) is 15.1. The van der Waals surface area contributed by atoms with Gasteiger partial charge < -0.3 is 0 Å². The molecule has 8 heteroatoms. The van der Waals surface area contributed by atoms with E-state index in [1.165, 1.54) is 0 Å². The van der Waals surface area contributed by atoms with Crippen molar-refractivity contribution in [1.82, 2.24) is 5.06 Å². The monoisotopic (exact) mass is 471 g/mol. The first-order valence-electron chi connectivity index (χ1n) is 8.53. The van der Waals surface area contributed by atoms with Crippen LogP contribution in [0.2, 0.25) is 0 Å². The van der Waals surface area contributed by atoms with Gasteiger partial charge in [0.05, 0.1) is 17.4 Å². The second kappa shape index (κ2) is 7.22. The summed E-state index contributed by atoms with van der Waals surface area (Å²) < 4.78 is 28.6. The summed E-state index contributed by atoms with van der Waals surface area (Å²) in [6.45, 7) is 0. The third-order valence-corrected chi connectivity index (χ3v) is 5.57. The highest BCUT2D eigenvalue weighted by Gasteiger charge is 2.43. The number of imide groups is 1. The standard InChI is InChI=1S/C21H14BrNO5S/c1-29(26,27)28-23-20(24)18(15-11-6-8-13-7-2-3-9-14(13)15)19(21(23)25)16-10-4-5-12-17(16)22/h2-12H,1H3. The summed E-state index contributed by atoms with van der Waals surface area (Å²) in [5.74, 6) is -1.67. The maximum atomic E-state index is 13.2. The van der Waals surface area contributed by atoms with Crippen molar-refractivity contribution in [3.05, 3.63) is 82.3 Å². The highest BCUT2D eigenvalue weighted by molar-refractivity contribution is 9.10. The van der Waals surface area contributed by atoms with Crippen LogP contribution in [0.15, 0.2) is 71.2 Å². The summed E-state index contributed by atoms with van der Waals surface area (Å²) in [7, 11) is -4.09. The molecule has 4 rings (SSSR count). The quantitative estimate of drug-likeness (QED) is 0.540. The number of amides is 2. The van der Waals surface area contributed by atoms with Gasteiger partial charge in [-0.2, -0.15) is 8.42 Å². The summed E-state index contributed by atoms with van der Waals surface area (Å²) in [6, 6.07) is 19.8. The first kappa shape index (κ1) is 19.5. The Balaban J connectivity index is 2.03. The lowest BCUT2D eigenvalue weighted by molar-refractivity contribution is -0.160. The Bertz CT molecular complexity index is 1310. The van der Waals surface area contributed by atoms with Gasteiger partial charge in [0, 0.05) is 10.0 Å². The van der Waals surface area contributed by atoms with E-state index in [2.05, 4.69) is 15.9 Å². The third-order valence-electron chi connectivity index (χ3n) is 4.46. The first-order chi connectivity index (χ1) is 13.8. The van der Waals surface area contributed by atoms with Gasteiger partial charge in [-0.05, 0) is 22.4 Å². The number of benzene rings is 3. The lowest BCUT2D eigenvalue weighted by atomic mass is 9.93. The van der Waals surface area contributed by atoms with Crippen molar-refractivity contribution in [2.75, 3.05) is 6.26 Å². The molecule has 0 unspecified atom stereocenters. The Kier molecular flexibility index (Phi) is 4.85. The van der Waals surface area contributed by atoms with Crippen molar-refractivity contribution >= 4 is 59.8 Å². The molecule has 0 fully saturated rings. The smallest absolute Gasteiger partial charge is 0.266 e. The minimum atomic E-state index is -4.09. The Morgan fingerprint density at radius 3 is 2.03 bits per heavy atom. The average Bonchev–Trinajstić information content (AvgIpc) is 2.91. The highest BCUT2D eigenvalue weighted by atomic mass is 79.9. The van der Waals surface area contributed by atoms with Crippen molar-refractivity contribution in [2.24, 2.45) is 0 Å². The summed E-state index contributed by atoms with van der Waals surface area (Å²) in [4.78, 5) is 26.3. The summed E-state index contributed by atoms with van der Waals surface area (Å²) in [6.07, 6.45) is 0.779. The van der Waals surface area contributed by atoms with Crippen LogP contribution in [0.3, 0.4) is 0 Å². The van der Waals surface area contributed by atoms with Gasteiger partial charge in [0.15, 0.2) is 0 Å². The first-order valence-corrected chi connectivity index (χ1v) is 11.1. The van der Waals surface area contributed by atoms with Crippen LogP contribution in [-0.2, 0) is 24.0 Å². The molecule has 0 aromatic heterocycles. The maximum absolute atomic E-state index is 13.2. The molecule has 0 bridgehead atoms. The molecule has 6 nitrogen and oxygen atoms in total. The van der Waals surface area contributed by atoms with Gasteiger partial charge in [-0.1, -0.05) is 76.6 Å². The SMILES string of the molecule is CS(=O)(=O)ON1C(=O)C(c2ccccc2Br)=C(c2cccc3ccccc23)C1=O. The second-order valence-electron chi connectivity index (χ2n) is 6.44. The summed E-state index contributed by atoms with van der Waals surface area (Å²) in [5.41, 5.74) is 1.14. The van der Waals surface area contributed by atoms with Crippen LogP contribution in [0.25, 0.3) is 21.9 Å². The molecule has 0 N–H and O–H groups in total. The molecule has 1 aliphatic heterocycles. The summed E-state index contributed by atoms with van der Waals surface area (Å²) in [5, 5.41) is 1.95. The molecule has 0 aliphatic carbocycles. The van der Waals surface area contributed by atoms with Crippen LogP contribution in [0.4, 0.5) is 0 Å². The van der Waals surface area contributed by atoms with E-state index in [-0.39, 0.29) is 11.1 Å². The zero-order chi connectivity index (χ0) is 20.8. The third kappa shape index (κ3) is 3.50. The Morgan fingerprint density at radius 1 is 0.793 bits per heavy atom. The number of halogens is 1. The molecule has 2 amide bonds. The predicted octanol–water partition coefficient (Wildman–Crippen LogP) is 3.77. The molecule has 0 saturated heterocycles. The van der Waals surface area contributed by atoms with Crippen molar-refractivity contribution in [3.63, 3.8) is 0 Å². The number of hydrogen-bond acceptors (Lipinski definition) is 5. The number of rotatable bonds is 4. The van der Waals surface area contributed by atoms with Crippen LogP contribution in [0.5, 0.6) is 0 Å². The normalized spacial score (nSPS) is 14.9. The number of hydroxylamine groups is 2. The van der Waals surface area contributed by atoms with Gasteiger partial charge in [-0.3, -0.25) is 9.59 Å². The molecule has 0 radical (unpaired) electrons. The van der Waals surface area contributed by atoms with E-state index in [1.807, 2.05) is 30.3 Å². The van der Waals surface area contributed by atoms with E-state index in [0.717, 1.165) is 17.0 Å². The minimum absolute atomic E-state index is 0.0717. The number of carbonyl (C=O) groups is 2. The summed E-state index contributed by atoms with van der Waals surface area (Å²) >= 11 is 3.41. The Labute approximate surface area is 175 Å². The molecule has 1 aliphatic rings. The van der Waals surface area contributed by atoms with Crippen LogP contribution < -0.4 is 0 Å². The predicted molar refractivity (Wildman–Crippen MR) is 113 cm³/mol. The molecule has 3 aromatic rings. The van der Waals surface area contributed by atoms with Crippen molar-refractivity contribution in [3.8, 4) is 0 Å². The molecule has 1 heterocycles. The van der Waals surface area contributed by atoms with Gasteiger partial charge in [0.25, 0.3) is 21.9 Å². The fraction of sp³-hybridized carbons (Fsp3) is 0.0476. The molecular formula is C21H14BrNO5S. The Hall–Kier alpha value is -2.81. The Morgan fingerprint density at radius 2 is 1.34 bits per heavy atom. The van der Waals surface area contributed by atoms with E-state index in [1.54, 1.807) is 36.4 Å². The van der Waals surface area contributed by atoms with E-state index in [4.69, 9.17) is 4.28 Å². The molecule has 146 valence electrons.